The Hall–Kier alpha value is -1.78. The minimum absolute atomic E-state index is 0.311. The van der Waals surface area contributed by atoms with Crippen molar-refractivity contribution in [3.63, 3.8) is 0 Å². The van der Waals surface area contributed by atoms with Crippen LogP contribution in [-0.4, -0.2) is 4.55 Å². The van der Waals surface area contributed by atoms with Gasteiger partial charge in [-0.25, -0.2) is 4.39 Å². The van der Waals surface area contributed by atoms with Gasteiger partial charge in [0.2, 0.25) is 4.91 Å². The minimum atomic E-state index is -1.28. The standard InChI is InChI=1S/C16H13FO2S/c17-14-8-6-13(7-9-14)16-15(19-10-11-20(16)18)12-4-2-1-3-5-12/h1-2,4,6-11H,3,5H2. The van der Waals surface area contributed by atoms with Gasteiger partial charge in [0.05, 0.1) is 0 Å². The van der Waals surface area contributed by atoms with Crippen molar-refractivity contribution in [2.45, 2.75) is 12.8 Å². The smallest absolute Gasteiger partial charge is 0.207 e. The summed E-state index contributed by atoms with van der Waals surface area (Å²) in [6, 6.07) is 5.99. The fourth-order valence-corrected chi connectivity index (χ4v) is 3.24. The number of halogens is 1. The third-order valence-electron chi connectivity index (χ3n) is 3.18. The Morgan fingerprint density at radius 3 is 2.70 bits per heavy atom. The highest BCUT2D eigenvalue weighted by molar-refractivity contribution is 8.03. The quantitative estimate of drug-likeness (QED) is 0.770. The fourth-order valence-electron chi connectivity index (χ4n) is 2.22. The van der Waals surface area contributed by atoms with E-state index in [1.54, 1.807) is 12.1 Å². The number of hydrogen-bond donors (Lipinski definition) is 0. The summed E-state index contributed by atoms with van der Waals surface area (Å²) in [4.78, 5) is 0.606. The highest BCUT2D eigenvalue weighted by Gasteiger charge is 2.28. The molecular formula is C16H13FO2S. The van der Waals surface area contributed by atoms with Crippen molar-refractivity contribution in [1.29, 1.82) is 0 Å². The van der Waals surface area contributed by atoms with Gasteiger partial charge >= 0.3 is 0 Å². The van der Waals surface area contributed by atoms with Crippen molar-refractivity contribution in [3.8, 4) is 0 Å². The molecule has 20 heavy (non-hydrogen) atoms. The second-order valence-corrected chi connectivity index (χ2v) is 5.79. The summed E-state index contributed by atoms with van der Waals surface area (Å²) in [5.74, 6) is 0.315. The number of allylic oxidation sites excluding steroid dienone is 4. The summed E-state index contributed by atoms with van der Waals surface area (Å²) < 4.78 is 30.9. The van der Waals surface area contributed by atoms with E-state index < -0.39 is 11.2 Å². The van der Waals surface area contributed by atoms with Crippen LogP contribution in [-0.2, 0) is 15.9 Å². The van der Waals surface area contributed by atoms with Gasteiger partial charge < -0.3 is 9.29 Å². The molecule has 1 unspecified atom stereocenters. The van der Waals surface area contributed by atoms with Crippen molar-refractivity contribution >= 4 is 16.1 Å². The molecule has 1 aliphatic carbocycles. The summed E-state index contributed by atoms with van der Waals surface area (Å²) in [5.41, 5.74) is 1.74. The first-order valence-corrected chi connectivity index (χ1v) is 7.57. The predicted octanol–water partition coefficient (Wildman–Crippen LogP) is 4.02. The van der Waals surface area contributed by atoms with E-state index >= 15 is 0 Å². The van der Waals surface area contributed by atoms with Crippen LogP contribution < -0.4 is 0 Å². The van der Waals surface area contributed by atoms with Gasteiger partial charge in [-0.3, -0.25) is 0 Å². The van der Waals surface area contributed by atoms with Gasteiger partial charge in [0.15, 0.2) is 11.2 Å². The maximum absolute atomic E-state index is 13.0. The molecule has 0 aromatic heterocycles. The summed E-state index contributed by atoms with van der Waals surface area (Å²) in [6.07, 6.45) is 9.26. The van der Waals surface area contributed by atoms with Gasteiger partial charge in [-0.1, -0.05) is 18.2 Å². The molecule has 2 aliphatic rings. The molecular weight excluding hydrogens is 275 g/mol. The van der Waals surface area contributed by atoms with Gasteiger partial charge in [0.25, 0.3) is 0 Å². The molecule has 1 atom stereocenters. The molecule has 1 aliphatic heterocycles. The largest absolute Gasteiger partial charge is 0.607 e. The van der Waals surface area contributed by atoms with E-state index in [1.165, 1.54) is 23.8 Å². The van der Waals surface area contributed by atoms with Crippen LogP contribution in [0, 0.1) is 5.82 Å². The van der Waals surface area contributed by atoms with Crippen LogP contribution in [0.5, 0.6) is 0 Å². The lowest BCUT2D eigenvalue weighted by Gasteiger charge is -2.21. The molecule has 0 saturated heterocycles. The van der Waals surface area contributed by atoms with Crippen LogP contribution in [0.4, 0.5) is 4.39 Å². The van der Waals surface area contributed by atoms with Gasteiger partial charge in [0.1, 0.15) is 12.1 Å². The molecule has 1 heterocycles. The molecule has 0 radical (unpaired) electrons. The summed E-state index contributed by atoms with van der Waals surface area (Å²) in [7, 11) is 0. The van der Waals surface area contributed by atoms with Crippen molar-refractivity contribution < 1.29 is 13.7 Å². The zero-order chi connectivity index (χ0) is 13.9. The first-order chi connectivity index (χ1) is 9.75. The SMILES string of the molecule is [O-][S+]1C=COC(C2=CC=CCC2)=C1c1ccc(F)cc1. The normalized spacial score (nSPS) is 21.7. The van der Waals surface area contributed by atoms with E-state index in [0.29, 0.717) is 10.7 Å². The van der Waals surface area contributed by atoms with Crippen molar-refractivity contribution in [2.24, 2.45) is 0 Å². The molecule has 1 aromatic carbocycles. The van der Waals surface area contributed by atoms with Crippen LogP contribution >= 0.6 is 0 Å². The van der Waals surface area contributed by atoms with Gasteiger partial charge in [-0.15, -0.1) is 0 Å². The number of benzene rings is 1. The van der Waals surface area contributed by atoms with E-state index in [2.05, 4.69) is 6.08 Å². The van der Waals surface area contributed by atoms with E-state index in [9.17, 15) is 8.94 Å². The molecule has 3 rings (SSSR count). The fraction of sp³-hybridized carbons (Fsp3) is 0.125. The highest BCUT2D eigenvalue weighted by Crippen LogP contribution is 2.36. The molecule has 4 heteroatoms. The number of hydrogen-bond acceptors (Lipinski definition) is 2. The van der Waals surface area contributed by atoms with Crippen LogP contribution in [0.25, 0.3) is 4.91 Å². The molecule has 0 N–H and O–H groups in total. The van der Waals surface area contributed by atoms with Crippen LogP contribution in [0.3, 0.4) is 0 Å². The number of ether oxygens (including phenoxy) is 1. The maximum atomic E-state index is 13.0. The average molecular weight is 288 g/mol. The molecule has 102 valence electrons. The topological polar surface area (TPSA) is 32.3 Å². The van der Waals surface area contributed by atoms with Crippen molar-refractivity contribution in [2.75, 3.05) is 0 Å². The lowest BCUT2D eigenvalue weighted by atomic mass is 10.0. The van der Waals surface area contributed by atoms with Crippen molar-refractivity contribution in [1.82, 2.24) is 0 Å². The molecule has 0 spiro atoms. The van der Waals surface area contributed by atoms with Crippen LogP contribution in [0.2, 0.25) is 0 Å². The Bertz CT molecular complexity index is 626. The van der Waals surface area contributed by atoms with Crippen molar-refractivity contribution in [3.05, 3.63) is 76.9 Å². The number of rotatable bonds is 2. The Labute approximate surface area is 120 Å². The first-order valence-electron chi connectivity index (χ1n) is 6.36. The molecule has 0 bridgehead atoms. The lowest BCUT2D eigenvalue weighted by molar-refractivity contribution is 0.359. The van der Waals surface area contributed by atoms with E-state index in [-0.39, 0.29) is 5.82 Å². The predicted molar refractivity (Wildman–Crippen MR) is 78.1 cm³/mol. The first kappa shape index (κ1) is 13.2. The summed E-state index contributed by atoms with van der Waals surface area (Å²) in [6.45, 7) is 0. The summed E-state index contributed by atoms with van der Waals surface area (Å²) in [5, 5.41) is 1.50. The Morgan fingerprint density at radius 1 is 1.20 bits per heavy atom. The Balaban J connectivity index is 2.09. The molecule has 0 saturated carbocycles. The summed E-state index contributed by atoms with van der Waals surface area (Å²) >= 11 is -1.28. The third kappa shape index (κ3) is 2.57. The second-order valence-electron chi connectivity index (χ2n) is 4.51. The second kappa shape index (κ2) is 5.69. The van der Waals surface area contributed by atoms with Gasteiger partial charge in [0, 0.05) is 22.3 Å². The maximum Gasteiger partial charge on any atom is 0.207 e. The molecule has 0 fully saturated rings. The van der Waals surface area contributed by atoms with E-state index in [0.717, 1.165) is 24.0 Å². The average Bonchev–Trinajstić information content (AvgIpc) is 2.49. The third-order valence-corrected chi connectivity index (χ3v) is 4.37. The highest BCUT2D eigenvalue weighted by atomic mass is 32.2. The Morgan fingerprint density at radius 2 is 2.00 bits per heavy atom. The van der Waals surface area contributed by atoms with Crippen LogP contribution in [0.1, 0.15) is 18.4 Å². The van der Waals surface area contributed by atoms with E-state index in [4.69, 9.17) is 4.74 Å². The monoisotopic (exact) mass is 288 g/mol. The van der Waals surface area contributed by atoms with E-state index in [1.807, 2.05) is 12.2 Å². The minimum Gasteiger partial charge on any atom is -0.607 e. The molecule has 1 aromatic rings. The zero-order valence-electron chi connectivity index (χ0n) is 10.7. The van der Waals surface area contributed by atoms with Crippen LogP contribution in [0.15, 0.2) is 65.5 Å². The Kier molecular flexibility index (Phi) is 3.76. The van der Waals surface area contributed by atoms with Gasteiger partial charge in [-0.05, 0) is 37.1 Å². The molecule has 0 amide bonds. The van der Waals surface area contributed by atoms with Gasteiger partial charge in [-0.2, -0.15) is 0 Å². The lowest BCUT2D eigenvalue weighted by Crippen LogP contribution is -2.11. The zero-order valence-corrected chi connectivity index (χ0v) is 11.5. The molecule has 2 nitrogen and oxygen atoms in total.